The van der Waals surface area contributed by atoms with Crippen molar-refractivity contribution in [2.45, 2.75) is 44.4 Å². The fraction of sp³-hybridized carbons (Fsp3) is 0.625. The minimum absolute atomic E-state index is 0.184. The van der Waals surface area contributed by atoms with Crippen molar-refractivity contribution in [1.82, 2.24) is 5.32 Å². The van der Waals surface area contributed by atoms with Gasteiger partial charge in [0, 0.05) is 24.7 Å². The van der Waals surface area contributed by atoms with Gasteiger partial charge in [0.1, 0.15) is 17.2 Å². The molecule has 1 aromatic rings. The second-order valence-corrected chi connectivity index (χ2v) is 5.41. The summed E-state index contributed by atoms with van der Waals surface area (Å²) in [5, 5.41) is 13.2. The van der Waals surface area contributed by atoms with Gasteiger partial charge in [-0.15, -0.1) is 0 Å². The number of hydrogen-bond acceptors (Lipinski definition) is 5. The molecule has 2 unspecified atom stereocenters. The number of hydrogen-bond donors (Lipinski definition) is 2. The van der Waals surface area contributed by atoms with Crippen LogP contribution in [0.15, 0.2) is 12.1 Å². The first-order valence-corrected chi connectivity index (χ1v) is 7.38. The second-order valence-electron chi connectivity index (χ2n) is 5.41. The molecular weight excluding hydrogens is 270 g/mol. The Morgan fingerprint density at radius 1 is 1.10 bits per heavy atom. The monoisotopic (exact) mass is 295 g/mol. The molecule has 2 atom stereocenters. The number of rotatable bonds is 6. The first-order chi connectivity index (χ1) is 10.2. The van der Waals surface area contributed by atoms with E-state index >= 15 is 0 Å². The third-order valence-electron chi connectivity index (χ3n) is 4.03. The second kappa shape index (κ2) is 7.52. The molecule has 1 fully saturated rings. The summed E-state index contributed by atoms with van der Waals surface area (Å²) in [6.45, 7) is 0.647. The van der Waals surface area contributed by atoms with Crippen LogP contribution in [0.1, 0.15) is 31.2 Å². The van der Waals surface area contributed by atoms with Gasteiger partial charge in [0.05, 0.1) is 33.0 Å². The van der Waals surface area contributed by atoms with Crippen LogP contribution in [-0.4, -0.2) is 38.6 Å². The van der Waals surface area contributed by atoms with Crippen molar-refractivity contribution in [1.29, 1.82) is 0 Å². The lowest BCUT2D eigenvalue weighted by molar-refractivity contribution is 0.111. The van der Waals surface area contributed by atoms with E-state index in [1.807, 2.05) is 12.1 Å². The van der Waals surface area contributed by atoms with E-state index in [0.29, 0.717) is 18.3 Å². The maximum Gasteiger partial charge on any atom is 0.130 e. The SMILES string of the molecule is COc1cc(OC)c(CNC2CCCC(O)C2)c(OC)c1. The third kappa shape index (κ3) is 4.02. The van der Waals surface area contributed by atoms with E-state index in [1.165, 1.54) is 0 Å². The molecule has 1 saturated carbocycles. The average molecular weight is 295 g/mol. The van der Waals surface area contributed by atoms with Crippen LogP contribution in [0.4, 0.5) is 0 Å². The molecule has 0 aliphatic heterocycles. The fourth-order valence-corrected chi connectivity index (χ4v) is 2.85. The van der Waals surface area contributed by atoms with Gasteiger partial charge in [0.2, 0.25) is 0 Å². The standard InChI is InChI=1S/C16H25NO4/c1-19-13-8-15(20-2)14(16(9-13)21-3)10-17-11-5-4-6-12(18)7-11/h8-9,11-12,17-18H,4-7,10H2,1-3H3. The van der Waals surface area contributed by atoms with Crippen LogP contribution in [0.2, 0.25) is 0 Å². The highest BCUT2D eigenvalue weighted by Crippen LogP contribution is 2.34. The van der Waals surface area contributed by atoms with Crippen LogP contribution in [-0.2, 0) is 6.54 Å². The third-order valence-corrected chi connectivity index (χ3v) is 4.03. The molecule has 5 nitrogen and oxygen atoms in total. The van der Waals surface area contributed by atoms with Gasteiger partial charge in [-0.25, -0.2) is 0 Å². The van der Waals surface area contributed by atoms with Gasteiger partial charge in [-0.1, -0.05) is 0 Å². The van der Waals surface area contributed by atoms with E-state index in [-0.39, 0.29) is 6.10 Å². The number of ether oxygens (including phenoxy) is 3. The van der Waals surface area contributed by atoms with E-state index < -0.39 is 0 Å². The lowest BCUT2D eigenvalue weighted by Crippen LogP contribution is -2.35. The zero-order valence-corrected chi connectivity index (χ0v) is 13.0. The summed E-state index contributed by atoms with van der Waals surface area (Å²) < 4.78 is 16.1. The predicted molar refractivity (Wildman–Crippen MR) is 81.2 cm³/mol. The Labute approximate surface area is 126 Å². The molecule has 118 valence electrons. The highest BCUT2D eigenvalue weighted by atomic mass is 16.5. The number of benzene rings is 1. The van der Waals surface area contributed by atoms with E-state index in [2.05, 4.69) is 5.32 Å². The van der Waals surface area contributed by atoms with Gasteiger partial charge in [-0.2, -0.15) is 0 Å². The quantitative estimate of drug-likeness (QED) is 0.841. The molecule has 1 aliphatic rings. The van der Waals surface area contributed by atoms with Crippen LogP contribution < -0.4 is 19.5 Å². The summed E-state index contributed by atoms with van der Waals surface area (Å²) in [5.41, 5.74) is 0.973. The van der Waals surface area contributed by atoms with E-state index in [0.717, 1.165) is 42.7 Å². The summed E-state index contributed by atoms with van der Waals surface area (Å²) >= 11 is 0. The smallest absolute Gasteiger partial charge is 0.130 e. The van der Waals surface area contributed by atoms with Crippen LogP contribution in [0.3, 0.4) is 0 Å². The van der Waals surface area contributed by atoms with Crippen LogP contribution in [0, 0.1) is 0 Å². The van der Waals surface area contributed by atoms with Crippen molar-refractivity contribution in [3.05, 3.63) is 17.7 Å². The van der Waals surface area contributed by atoms with E-state index in [1.54, 1.807) is 21.3 Å². The van der Waals surface area contributed by atoms with Crippen molar-refractivity contribution in [2.75, 3.05) is 21.3 Å². The van der Waals surface area contributed by atoms with Crippen molar-refractivity contribution < 1.29 is 19.3 Å². The molecule has 1 aliphatic carbocycles. The Morgan fingerprint density at radius 2 is 1.76 bits per heavy atom. The molecular formula is C16H25NO4. The van der Waals surface area contributed by atoms with Gasteiger partial charge in [-0.3, -0.25) is 0 Å². The molecule has 0 bridgehead atoms. The Morgan fingerprint density at radius 3 is 2.29 bits per heavy atom. The zero-order valence-electron chi connectivity index (χ0n) is 13.0. The van der Waals surface area contributed by atoms with Crippen LogP contribution in [0.5, 0.6) is 17.2 Å². The molecule has 2 N–H and O–H groups in total. The minimum Gasteiger partial charge on any atom is -0.496 e. The summed E-state index contributed by atoms with van der Waals surface area (Å²) in [7, 11) is 4.90. The lowest BCUT2D eigenvalue weighted by Gasteiger charge is -2.27. The van der Waals surface area contributed by atoms with Crippen LogP contribution in [0.25, 0.3) is 0 Å². The molecule has 0 aromatic heterocycles. The first kappa shape index (κ1) is 15.9. The largest absolute Gasteiger partial charge is 0.496 e. The Hall–Kier alpha value is -1.46. The number of nitrogens with one attached hydrogen (secondary N) is 1. The summed E-state index contributed by atoms with van der Waals surface area (Å²) in [4.78, 5) is 0. The van der Waals surface area contributed by atoms with E-state index in [9.17, 15) is 5.11 Å². The summed E-state index contributed by atoms with van der Waals surface area (Å²) in [6.07, 6.45) is 3.69. The Balaban J connectivity index is 2.10. The molecule has 0 amide bonds. The topological polar surface area (TPSA) is 60.0 Å². The number of aliphatic hydroxyl groups excluding tert-OH is 1. The van der Waals surface area contributed by atoms with Gasteiger partial charge in [0.15, 0.2) is 0 Å². The van der Waals surface area contributed by atoms with Crippen molar-refractivity contribution in [2.24, 2.45) is 0 Å². The van der Waals surface area contributed by atoms with E-state index in [4.69, 9.17) is 14.2 Å². The van der Waals surface area contributed by atoms with Crippen molar-refractivity contribution in [3.8, 4) is 17.2 Å². The average Bonchev–Trinajstić information content (AvgIpc) is 2.52. The zero-order chi connectivity index (χ0) is 15.2. The predicted octanol–water partition coefficient (Wildman–Crippen LogP) is 2.11. The fourth-order valence-electron chi connectivity index (χ4n) is 2.85. The molecule has 0 spiro atoms. The van der Waals surface area contributed by atoms with Crippen molar-refractivity contribution >= 4 is 0 Å². The molecule has 0 heterocycles. The Kier molecular flexibility index (Phi) is 5.70. The summed E-state index contributed by atoms with van der Waals surface area (Å²) in [5.74, 6) is 2.20. The normalized spacial score (nSPS) is 21.9. The minimum atomic E-state index is -0.184. The maximum absolute atomic E-state index is 9.74. The maximum atomic E-state index is 9.74. The molecule has 0 radical (unpaired) electrons. The lowest BCUT2D eigenvalue weighted by atomic mass is 9.93. The molecule has 1 aromatic carbocycles. The molecule has 21 heavy (non-hydrogen) atoms. The first-order valence-electron chi connectivity index (χ1n) is 7.38. The highest BCUT2D eigenvalue weighted by molar-refractivity contribution is 5.50. The molecule has 5 heteroatoms. The van der Waals surface area contributed by atoms with Crippen LogP contribution >= 0.6 is 0 Å². The molecule has 2 rings (SSSR count). The molecule has 0 saturated heterocycles. The van der Waals surface area contributed by atoms with Gasteiger partial charge >= 0.3 is 0 Å². The number of aliphatic hydroxyl groups is 1. The van der Waals surface area contributed by atoms with Gasteiger partial charge in [-0.05, 0) is 25.7 Å². The summed E-state index contributed by atoms with van der Waals surface area (Å²) in [6, 6.07) is 4.05. The van der Waals surface area contributed by atoms with Crippen molar-refractivity contribution in [3.63, 3.8) is 0 Å². The van der Waals surface area contributed by atoms with Gasteiger partial charge in [0.25, 0.3) is 0 Å². The van der Waals surface area contributed by atoms with Gasteiger partial charge < -0.3 is 24.6 Å². The highest BCUT2D eigenvalue weighted by Gasteiger charge is 2.21. The Bertz CT molecular complexity index is 439. The number of methoxy groups -OCH3 is 3.